The number of ether oxygens (including phenoxy) is 1. The summed E-state index contributed by atoms with van der Waals surface area (Å²) < 4.78 is 7.27. The van der Waals surface area contributed by atoms with Crippen molar-refractivity contribution in [3.05, 3.63) is 18.1 Å². The van der Waals surface area contributed by atoms with Crippen molar-refractivity contribution in [1.29, 1.82) is 0 Å². The zero-order valence-electron chi connectivity index (χ0n) is 13.6. The lowest BCUT2D eigenvalue weighted by Gasteiger charge is -2.26. The van der Waals surface area contributed by atoms with Crippen LogP contribution in [0.2, 0.25) is 0 Å². The normalized spacial score (nSPS) is 32.2. The lowest BCUT2D eigenvalue weighted by atomic mass is 9.91. The van der Waals surface area contributed by atoms with Gasteiger partial charge in [-0.2, -0.15) is 5.10 Å². The molecule has 0 spiro atoms. The summed E-state index contributed by atoms with van der Waals surface area (Å²) in [4.78, 5) is 10.2. The van der Waals surface area contributed by atoms with E-state index in [0.29, 0.717) is 24.3 Å². The predicted octanol–water partition coefficient (Wildman–Crippen LogP) is -1.30. The number of aliphatic imine (C=N–C) groups is 1. The molecule has 25 heavy (non-hydrogen) atoms. The second-order valence-corrected chi connectivity index (χ2v) is 6.48. The molecule has 4 heterocycles. The van der Waals surface area contributed by atoms with Crippen molar-refractivity contribution in [2.24, 2.45) is 4.99 Å². The fourth-order valence-corrected chi connectivity index (χ4v) is 3.47. The Morgan fingerprint density at radius 1 is 1.48 bits per heavy atom. The van der Waals surface area contributed by atoms with Gasteiger partial charge in [0.2, 0.25) is 0 Å². The summed E-state index contributed by atoms with van der Waals surface area (Å²) in [5, 5.41) is 34.7. The molecule has 0 saturated carbocycles. The third kappa shape index (κ3) is 2.29. The molecule has 0 radical (unpaired) electrons. The highest BCUT2D eigenvalue weighted by Gasteiger charge is 2.53. The first-order valence-electron chi connectivity index (χ1n) is 8.00. The van der Waals surface area contributed by atoms with E-state index in [0.717, 1.165) is 5.69 Å². The van der Waals surface area contributed by atoms with E-state index in [4.69, 9.17) is 10.5 Å². The quantitative estimate of drug-likeness (QED) is 0.536. The van der Waals surface area contributed by atoms with Crippen LogP contribution in [0.3, 0.4) is 0 Å². The average Bonchev–Trinajstić information content (AvgIpc) is 3.27. The van der Waals surface area contributed by atoms with E-state index < -0.39 is 30.5 Å². The predicted molar refractivity (Wildman–Crippen MR) is 89.4 cm³/mol. The smallest absolute Gasteiger partial charge is 0.153 e. The molecular formula is C15H20N6O4. The monoisotopic (exact) mass is 348 g/mol. The number of aliphatic hydroxyl groups is 3. The van der Waals surface area contributed by atoms with Crippen LogP contribution in [0, 0.1) is 0 Å². The van der Waals surface area contributed by atoms with Crippen molar-refractivity contribution >= 4 is 23.4 Å². The minimum Gasteiger partial charge on any atom is -0.394 e. The summed E-state index contributed by atoms with van der Waals surface area (Å²) in [7, 11) is 0. The maximum absolute atomic E-state index is 10.8. The highest BCUT2D eigenvalue weighted by atomic mass is 16.6. The molecule has 2 aromatic heterocycles. The van der Waals surface area contributed by atoms with Crippen LogP contribution in [0.15, 0.2) is 17.4 Å². The highest BCUT2D eigenvalue weighted by Crippen LogP contribution is 2.44. The van der Waals surface area contributed by atoms with Gasteiger partial charge in [-0.1, -0.05) is 0 Å². The van der Waals surface area contributed by atoms with Gasteiger partial charge in [0, 0.05) is 6.54 Å². The Bertz CT molecular complexity index is 835. The Hall–Kier alpha value is -2.27. The van der Waals surface area contributed by atoms with Gasteiger partial charge < -0.3 is 30.7 Å². The standard InChI is InChI=1S/C15H20N6O4/c1-15(24)12(23)10(5-22)25-13(15)9-4-8(20-3-2-17-7-20)11-14(16)18-6-19-21(9)11/h4,6-7,10,12-13,22-24H,2-3,5H2,1H3,(H2,16,18,19)/t10-,12-,13+,15-/m1/s1. The van der Waals surface area contributed by atoms with Gasteiger partial charge in [0.05, 0.1) is 30.9 Å². The van der Waals surface area contributed by atoms with E-state index >= 15 is 0 Å². The van der Waals surface area contributed by atoms with Gasteiger partial charge in [-0.05, 0) is 13.0 Å². The Balaban J connectivity index is 1.88. The van der Waals surface area contributed by atoms with Gasteiger partial charge in [0.15, 0.2) is 5.82 Å². The SMILES string of the molecule is C[C@@]1(O)[C@H](O)[C@@H](CO)O[C@H]1c1cc(N2C=NCC2)c2c(N)ncnn12. The van der Waals surface area contributed by atoms with Gasteiger partial charge in [0.25, 0.3) is 0 Å². The zero-order valence-corrected chi connectivity index (χ0v) is 13.6. The number of aromatic nitrogens is 3. The lowest BCUT2D eigenvalue weighted by Crippen LogP contribution is -2.43. The molecule has 2 aliphatic heterocycles. The van der Waals surface area contributed by atoms with Crippen molar-refractivity contribution in [3.63, 3.8) is 0 Å². The maximum atomic E-state index is 10.8. The third-order valence-electron chi connectivity index (χ3n) is 4.83. The summed E-state index contributed by atoms with van der Waals surface area (Å²) in [6.45, 7) is 2.43. The number of rotatable bonds is 3. The molecule has 2 aromatic rings. The number of aliphatic hydroxyl groups excluding tert-OH is 2. The van der Waals surface area contributed by atoms with E-state index in [1.807, 2.05) is 4.90 Å². The molecule has 4 rings (SSSR count). The Kier molecular flexibility index (Phi) is 3.65. The minimum atomic E-state index is -1.60. The van der Waals surface area contributed by atoms with Crippen LogP contribution in [-0.4, -0.2) is 73.8 Å². The van der Waals surface area contributed by atoms with E-state index in [1.54, 1.807) is 16.9 Å². The highest BCUT2D eigenvalue weighted by molar-refractivity contribution is 5.93. The number of nitrogens with zero attached hydrogens (tertiary/aromatic N) is 5. The van der Waals surface area contributed by atoms with Crippen molar-refractivity contribution in [1.82, 2.24) is 14.6 Å². The van der Waals surface area contributed by atoms with Gasteiger partial charge >= 0.3 is 0 Å². The molecule has 2 aliphatic rings. The fraction of sp³-hybridized carbons (Fsp3) is 0.533. The minimum absolute atomic E-state index is 0.286. The molecule has 0 bridgehead atoms. The van der Waals surface area contributed by atoms with Gasteiger partial charge in [-0.25, -0.2) is 9.50 Å². The van der Waals surface area contributed by atoms with Crippen molar-refractivity contribution in [3.8, 4) is 0 Å². The van der Waals surface area contributed by atoms with Crippen LogP contribution in [0.25, 0.3) is 5.52 Å². The maximum Gasteiger partial charge on any atom is 0.153 e. The number of nitrogens with two attached hydrogens (primary N) is 1. The van der Waals surface area contributed by atoms with Crippen LogP contribution in [0.5, 0.6) is 0 Å². The number of nitrogen functional groups attached to an aromatic ring is 1. The lowest BCUT2D eigenvalue weighted by molar-refractivity contribution is -0.0664. The first-order chi connectivity index (χ1) is 11.9. The third-order valence-corrected chi connectivity index (χ3v) is 4.83. The molecule has 5 N–H and O–H groups in total. The number of fused-ring (bicyclic) bond motifs is 1. The summed E-state index contributed by atoms with van der Waals surface area (Å²) in [6.07, 6.45) is 0.0160. The van der Waals surface area contributed by atoms with Crippen molar-refractivity contribution in [2.75, 3.05) is 30.3 Å². The molecule has 10 heteroatoms. The number of anilines is 2. The first-order valence-corrected chi connectivity index (χ1v) is 8.00. The number of hydrogen-bond donors (Lipinski definition) is 4. The first kappa shape index (κ1) is 16.2. The molecule has 0 amide bonds. The molecule has 134 valence electrons. The van der Waals surface area contributed by atoms with Gasteiger partial charge in [-0.15, -0.1) is 0 Å². The zero-order chi connectivity index (χ0) is 17.8. The van der Waals surface area contributed by atoms with Crippen LogP contribution in [0.1, 0.15) is 18.7 Å². The molecule has 0 aromatic carbocycles. The molecule has 0 unspecified atom stereocenters. The van der Waals surface area contributed by atoms with Gasteiger partial charge in [0.1, 0.15) is 35.8 Å². The van der Waals surface area contributed by atoms with Crippen molar-refractivity contribution < 1.29 is 20.1 Å². The van der Waals surface area contributed by atoms with Gasteiger partial charge in [-0.3, -0.25) is 4.99 Å². The Labute approximate surface area is 143 Å². The van der Waals surface area contributed by atoms with E-state index in [1.165, 1.54) is 13.3 Å². The van der Waals surface area contributed by atoms with Crippen LogP contribution < -0.4 is 10.6 Å². The van der Waals surface area contributed by atoms with E-state index in [-0.39, 0.29) is 5.82 Å². The Morgan fingerprint density at radius 3 is 2.92 bits per heavy atom. The molecule has 1 saturated heterocycles. The molecule has 10 nitrogen and oxygen atoms in total. The van der Waals surface area contributed by atoms with E-state index in [9.17, 15) is 15.3 Å². The van der Waals surface area contributed by atoms with Crippen molar-refractivity contribution in [2.45, 2.75) is 30.8 Å². The summed E-state index contributed by atoms with van der Waals surface area (Å²) >= 11 is 0. The summed E-state index contributed by atoms with van der Waals surface area (Å²) in [5.41, 5.74) is 6.29. The molecule has 0 aliphatic carbocycles. The molecular weight excluding hydrogens is 328 g/mol. The largest absolute Gasteiger partial charge is 0.394 e. The fourth-order valence-electron chi connectivity index (χ4n) is 3.47. The second-order valence-electron chi connectivity index (χ2n) is 6.48. The van der Waals surface area contributed by atoms with Crippen LogP contribution >= 0.6 is 0 Å². The Morgan fingerprint density at radius 2 is 2.28 bits per heavy atom. The average molecular weight is 348 g/mol. The second kappa shape index (κ2) is 5.63. The van der Waals surface area contributed by atoms with Crippen LogP contribution in [0.4, 0.5) is 11.5 Å². The number of hydrogen-bond acceptors (Lipinski definition) is 9. The summed E-state index contributed by atoms with van der Waals surface area (Å²) in [5.74, 6) is 0.286. The summed E-state index contributed by atoms with van der Waals surface area (Å²) in [6, 6.07) is 1.79. The molecule has 1 fully saturated rings. The molecule has 4 atom stereocenters. The van der Waals surface area contributed by atoms with Crippen LogP contribution in [-0.2, 0) is 4.74 Å². The topological polar surface area (TPSA) is 142 Å². The van der Waals surface area contributed by atoms with E-state index in [2.05, 4.69) is 15.1 Å².